The van der Waals surface area contributed by atoms with Crippen LogP contribution in [0.3, 0.4) is 0 Å². The Hall–Kier alpha value is -1.27. The van der Waals surface area contributed by atoms with Crippen LogP contribution >= 0.6 is 0 Å². The number of aliphatic hydroxyl groups excluding tert-OH is 4. The SMILES string of the molecule is CC(C)(C)CC(C)(C)c1ccccc1OS(=O)(=O)O[C@@H]1O[C@H](CO)[C@H](O)[C@H](O)[C@H]1O. The summed E-state index contributed by atoms with van der Waals surface area (Å²) in [6.45, 7) is 9.48. The molecule has 1 heterocycles. The van der Waals surface area contributed by atoms with E-state index in [2.05, 4.69) is 20.8 Å². The van der Waals surface area contributed by atoms with E-state index in [1.807, 2.05) is 13.8 Å². The van der Waals surface area contributed by atoms with Crippen molar-refractivity contribution < 1.29 is 41.9 Å². The van der Waals surface area contributed by atoms with Crippen LogP contribution in [0.2, 0.25) is 0 Å². The van der Waals surface area contributed by atoms with E-state index in [0.717, 1.165) is 6.42 Å². The number of hydrogen-bond donors (Lipinski definition) is 4. The third-order valence-electron chi connectivity index (χ3n) is 4.84. The fourth-order valence-electron chi connectivity index (χ4n) is 3.91. The first-order valence-corrected chi connectivity index (χ1v) is 11.0. The zero-order chi connectivity index (χ0) is 22.9. The molecule has 2 rings (SSSR count). The molecule has 9 nitrogen and oxygen atoms in total. The molecule has 0 bridgehead atoms. The molecule has 0 amide bonds. The molecule has 1 aliphatic rings. The van der Waals surface area contributed by atoms with Crippen molar-refractivity contribution in [2.45, 2.75) is 77.2 Å². The van der Waals surface area contributed by atoms with Gasteiger partial charge in [0, 0.05) is 5.56 Å². The molecule has 0 aromatic heterocycles. The van der Waals surface area contributed by atoms with Crippen LogP contribution in [0.25, 0.3) is 0 Å². The van der Waals surface area contributed by atoms with Gasteiger partial charge in [-0.05, 0) is 23.3 Å². The zero-order valence-corrected chi connectivity index (χ0v) is 18.7. The average Bonchev–Trinajstić information content (AvgIpc) is 2.60. The highest BCUT2D eigenvalue weighted by atomic mass is 32.3. The first-order chi connectivity index (χ1) is 13.7. The number of aliphatic hydroxyl groups is 4. The topological polar surface area (TPSA) is 143 Å². The smallest absolute Gasteiger partial charge is 0.394 e. The van der Waals surface area contributed by atoms with E-state index in [4.69, 9.17) is 13.1 Å². The van der Waals surface area contributed by atoms with Crippen LogP contribution < -0.4 is 4.18 Å². The maximum atomic E-state index is 12.5. The van der Waals surface area contributed by atoms with Gasteiger partial charge in [-0.3, -0.25) is 0 Å². The summed E-state index contributed by atoms with van der Waals surface area (Å²) in [7, 11) is -4.73. The Morgan fingerprint density at radius 2 is 1.60 bits per heavy atom. The number of rotatable bonds is 7. The first-order valence-electron chi connectivity index (χ1n) is 9.69. The quantitative estimate of drug-likeness (QED) is 0.477. The minimum absolute atomic E-state index is 0.0255. The highest BCUT2D eigenvalue weighted by molar-refractivity contribution is 7.82. The molecule has 1 aliphatic heterocycles. The molecule has 0 unspecified atom stereocenters. The lowest BCUT2D eigenvalue weighted by Gasteiger charge is -2.38. The normalized spacial score (nSPS) is 28.4. The minimum atomic E-state index is -4.73. The molecule has 1 saturated heterocycles. The van der Waals surface area contributed by atoms with Gasteiger partial charge in [-0.15, -0.1) is 0 Å². The monoisotopic (exact) mass is 448 g/mol. The van der Waals surface area contributed by atoms with Gasteiger partial charge in [0.05, 0.1) is 6.61 Å². The number of ether oxygens (including phenoxy) is 1. The molecule has 0 radical (unpaired) electrons. The van der Waals surface area contributed by atoms with Crippen LogP contribution in [0.5, 0.6) is 5.75 Å². The van der Waals surface area contributed by atoms with Crippen molar-refractivity contribution in [1.29, 1.82) is 0 Å². The van der Waals surface area contributed by atoms with Crippen molar-refractivity contribution >= 4 is 10.4 Å². The Balaban J connectivity index is 2.24. The average molecular weight is 449 g/mol. The van der Waals surface area contributed by atoms with E-state index in [0.29, 0.717) is 5.56 Å². The predicted octanol–water partition coefficient (Wildman–Crippen LogP) is 0.840. The van der Waals surface area contributed by atoms with E-state index in [-0.39, 0.29) is 11.2 Å². The highest BCUT2D eigenvalue weighted by Crippen LogP contribution is 2.40. The van der Waals surface area contributed by atoms with E-state index < -0.39 is 53.1 Å². The van der Waals surface area contributed by atoms with Crippen LogP contribution in [-0.4, -0.2) is 66.2 Å². The molecule has 1 aromatic rings. The molecule has 1 aromatic carbocycles. The summed E-state index contributed by atoms with van der Waals surface area (Å²) in [6.07, 6.45) is -7.69. The molecule has 5 atom stereocenters. The predicted molar refractivity (Wildman–Crippen MR) is 108 cm³/mol. The number of para-hydroxylation sites is 1. The molecule has 1 fully saturated rings. The van der Waals surface area contributed by atoms with Gasteiger partial charge in [-0.25, -0.2) is 4.18 Å². The lowest BCUT2D eigenvalue weighted by molar-refractivity contribution is -0.277. The second-order valence-electron chi connectivity index (χ2n) is 9.40. The molecule has 10 heteroatoms. The second kappa shape index (κ2) is 9.07. The Kier molecular flexibility index (Phi) is 7.56. The fourth-order valence-corrected chi connectivity index (χ4v) is 4.71. The second-order valence-corrected chi connectivity index (χ2v) is 10.6. The summed E-state index contributed by atoms with van der Waals surface area (Å²) in [5.74, 6) is 0.0661. The van der Waals surface area contributed by atoms with Crippen molar-refractivity contribution in [3.63, 3.8) is 0 Å². The van der Waals surface area contributed by atoms with Gasteiger partial charge in [-0.1, -0.05) is 52.8 Å². The molecule has 0 aliphatic carbocycles. The summed E-state index contributed by atoms with van der Waals surface area (Å²) in [5, 5.41) is 38.8. The van der Waals surface area contributed by atoms with Gasteiger partial charge in [0.2, 0.25) is 6.29 Å². The van der Waals surface area contributed by atoms with Crippen LogP contribution in [-0.2, 0) is 24.7 Å². The van der Waals surface area contributed by atoms with Crippen molar-refractivity contribution in [3.8, 4) is 5.75 Å². The summed E-state index contributed by atoms with van der Waals surface area (Å²) in [6, 6.07) is 6.66. The van der Waals surface area contributed by atoms with Crippen molar-refractivity contribution in [1.82, 2.24) is 0 Å². The van der Waals surface area contributed by atoms with Crippen molar-refractivity contribution in [2.75, 3.05) is 6.61 Å². The fraction of sp³-hybridized carbons (Fsp3) is 0.700. The van der Waals surface area contributed by atoms with Crippen LogP contribution in [0.1, 0.15) is 46.6 Å². The maximum absolute atomic E-state index is 12.5. The minimum Gasteiger partial charge on any atom is -0.394 e. The van der Waals surface area contributed by atoms with E-state index in [1.54, 1.807) is 18.2 Å². The Labute approximate surface area is 177 Å². The highest BCUT2D eigenvalue weighted by Gasteiger charge is 2.46. The summed E-state index contributed by atoms with van der Waals surface area (Å²) < 4.78 is 40.1. The van der Waals surface area contributed by atoms with Gasteiger partial charge in [0.1, 0.15) is 30.2 Å². The zero-order valence-electron chi connectivity index (χ0n) is 17.8. The van der Waals surface area contributed by atoms with E-state index in [1.165, 1.54) is 6.07 Å². The van der Waals surface area contributed by atoms with Gasteiger partial charge < -0.3 is 29.3 Å². The molecule has 0 saturated carbocycles. The Morgan fingerprint density at radius 3 is 2.17 bits per heavy atom. The van der Waals surface area contributed by atoms with Crippen molar-refractivity contribution in [3.05, 3.63) is 29.8 Å². The summed E-state index contributed by atoms with van der Waals surface area (Å²) in [5.41, 5.74) is 0.205. The molecule has 172 valence electrons. The summed E-state index contributed by atoms with van der Waals surface area (Å²) in [4.78, 5) is 0. The lowest BCUT2D eigenvalue weighted by Crippen LogP contribution is -2.59. The Morgan fingerprint density at radius 1 is 1.00 bits per heavy atom. The molecule has 4 N–H and O–H groups in total. The summed E-state index contributed by atoms with van der Waals surface area (Å²) >= 11 is 0. The van der Waals surface area contributed by atoms with Gasteiger partial charge in [-0.2, -0.15) is 8.42 Å². The largest absolute Gasteiger partial charge is 0.451 e. The van der Waals surface area contributed by atoms with Crippen LogP contribution in [0, 0.1) is 5.41 Å². The van der Waals surface area contributed by atoms with Gasteiger partial charge in [0.15, 0.2) is 0 Å². The molecule has 0 spiro atoms. The molecular formula is C20H32O9S. The van der Waals surface area contributed by atoms with Gasteiger partial charge in [0.25, 0.3) is 0 Å². The van der Waals surface area contributed by atoms with Crippen LogP contribution in [0.15, 0.2) is 24.3 Å². The number of benzene rings is 1. The third kappa shape index (κ3) is 6.13. The van der Waals surface area contributed by atoms with Crippen molar-refractivity contribution in [2.24, 2.45) is 5.41 Å². The van der Waals surface area contributed by atoms with E-state index in [9.17, 15) is 28.8 Å². The van der Waals surface area contributed by atoms with E-state index >= 15 is 0 Å². The molecule has 30 heavy (non-hydrogen) atoms. The maximum Gasteiger partial charge on any atom is 0.451 e. The third-order valence-corrected chi connectivity index (χ3v) is 5.65. The lowest BCUT2D eigenvalue weighted by atomic mass is 9.72. The number of hydrogen-bond acceptors (Lipinski definition) is 9. The first kappa shape index (κ1) is 25.0. The van der Waals surface area contributed by atoms with Gasteiger partial charge >= 0.3 is 10.4 Å². The molecular weight excluding hydrogens is 416 g/mol. The van der Waals surface area contributed by atoms with Crippen LogP contribution in [0.4, 0.5) is 0 Å². The standard InChI is InChI=1S/C20H32O9S/c1-19(2,3)11-20(4,5)12-8-6-7-9-13(12)28-30(25,26)29-18-17(24)16(23)15(22)14(10-21)27-18/h6-9,14-18,21-24H,10-11H2,1-5H3/t14-,15+,16+,17-,18+/m1/s1. The Bertz CT molecular complexity index is 814.